The largest absolute Gasteiger partial charge is 0.369 e. The van der Waals surface area contributed by atoms with E-state index >= 15 is 0 Å². The number of hydrogen-bond donors (Lipinski definition) is 1. The number of piperazine rings is 1. The summed E-state index contributed by atoms with van der Waals surface area (Å²) in [5.41, 5.74) is 1.36. The van der Waals surface area contributed by atoms with E-state index in [2.05, 4.69) is 5.32 Å². The molecule has 3 rings (SSSR count). The zero-order valence-electron chi connectivity index (χ0n) is 15.7. The van der Waals surface area contributed by atoms with Crippen molar-refractivity contribution in [2.75, 3.05) is 42.7 Å². The van der Waals surface area contributed by atoms with Gasteiger partial charge < -0.3 is 10.2 Å². The van der Waals surface area contributed by atoms with Crippen LogP contribution < -0.4 is 10.2 Å². The molecule has 9 heteroatoms. The number of rotatable bonds is 5. The average molecular weight is 424 g/mol. The Morgan fingerprint density at radius 2 is 1.71 bits per heavy atom. The normalized spacial score (nSPS) is 15.5. The highest BCUT2D eigenvalue weighted by atomic mass is 32.2. The molecule has 1 aliphatic rings. The number of hydrogen-bond acceptors (Lipinski definition) is 5. The summed E-state index contributed by atoms with van der Waals surface area (Å²) in [6.45, 7) is 3.09. The molecule has 28 heavy (non-hydrogen) atoms. The van der Waals surface area contributed by atoms with Crippen molar-refractivity contribution in [2.45, 2.75) is 16.7 Å². The quantitative estimate of drug-likeness (QED) is 0.749. The van der Waals surface area contributed by atoms with Crippen molar-refractivity contribution in [1.82, 2.24) is 4.31 Å². The third kappa shape index (κ3) is 4.48. The fraction of sp³-hybridized carbons (Fsp3) is 0.316. The van der Waals surface area contributed by atoms with Gasteiger partial charge in [0.25, 0.3) is 0 Å². The van der Waals surface area contributed by atoms with E-state index in [1.807, 2.05) is 11.2 Å². The fourth-order valence-electron chi connectivity index (χ4n) is 3.12. The second-order valence-electron chi connectivity index (χ2n) is 6.41. The number of amides is 1. The molecule has 0 unspecified atom stereocenters. The number of carbonyl (C=O) groups excluding carboxylic acids is 1. The Labute approximate surface area is 168 Å². The van der Waals surface area contributed by atoms with Crippen LogP contribution in [0.25, 0.3) is 0 Å². The van der Waals surface area contributed by atoms with Crippen LogP contribution in [0.3, 0.4) is 0 Å². The lowest BCUT2D eigenvalue weighted by atomic mass is 10.2. The molecule has 0 saturated carbocycles. The van der Waals surface area contributed by atoms with Gasteiger partial charge in [-0.05, 0) is 48.7 Å². The lowest BCUT2D eigenvalue weighted by Gasteiger charge is -2.35. The minimum absolute atomic E-state index is 0.157. The van der Waals surface area contributed by atoms with Crippen molar-refractivity contribution in [3.8, 4) is 0 Å². The fourth-order valence-corrected chi connectivity index (χ4v) is 5.11. The van der Waals surface area contributed by atoms with Crippen molar-refractivity contribution in [2.24, 2.45) is 0 Å². The summed E-state index contributed by atoms with van der Waals surface area (Å²) in [6, 6.07) is 11.0. The average Bonchev–Trinajstić information content (AvgIpc) is 2.68. The van der Waals surface area contributed by atoms with Crippen LogP contribution in [0.2, 0.25) is 0 Å². The van der Waals surface area contributed by atoms with E-state index in [4.69, 9.17) is 0 Å². The summed E-state index contributed by atoms with van der Waals surface area (Å²) >= 11 is 1.43. The number of halogens is 1. The molecule has 1 saturated heterocycles. The topological polar surface area (TPSA) is 69.7 Å². The number of benzene rings is 2. The van der Waals surface area contributed by atoms with E-state index < -0.39 is 10.0 Å². The Morgan fingerprint density at radius 3 is 2.29 bits per heavy atom. The van der Waals surface area contributed by atoms with Gasteiger partial charge >= 0.3 is 0 Å². The number of nitrogens with zero attached hydrogens (tertiary/aromatic N) is 2. The summed E-state index contributed by atoms with van der Waals surface area (Å²) in [5, 5.41) is 2.69. The lowest BCUT2D eigenvalue weighted by Crippen LogP contribution is -2.48. The summed E-state index contributed by atoms with van der Waals surface area (Å²) in [6.07, 6.45) is 1.86. The van der Waals surface area contributed by atoms with E-state index in [0.29, 0.717) is 31.9 Å². The van der Waals surface area contributed by atoms with Crippen LogP contribution in [0.4, 0.5) is 15.8 Å². The number of thioether (sulfide) groups is 1. The molecule has 1 N–H and O–H groups in total. The third-order valence-corrected chi connectivity index (χ3v) is 7.24. The summed E-state index contributed by atoms with van der Waals surface area (Å²) < 4.78 is 40.6. The van der Waals surface area contributed by atoms with E-state index in [-0.39, 0.29) is 16.6 Å². The van der Waals surface area contributed by atoms with Crippen LogP contribution in [-0.4, -0.2) is 51.1 Å². The van der Waals surface area contributed by atoms with Crippen molar-refractivity contribution in [3.05, 3.63) is 48.3 Å². The molecule has 0 aromatic heterocycles. The predicted molar refractivity (Wildman–Crippen MR) is 110 cm³/mol. The maximum Gasteiger partial charge on any atom is 0.243 e. The van der Waals surface area contributed by atoms with Gasteiger partial charge in [-0.3, -0.25) is 4.79 Å². The van der Waals surface area contributed by atoms with Gasteiger partial charge in [0.05, 0.1) is 10.6 Å². The van der Waals surface area contributed by atoms with Crippen LogP contribution >= 0.6 is 11.8 Å². The van der Waals surface area contributed by atoms with Gasteiger partial charge in [-0.1, -0.05) is 0 Å². The van der Waals surface area contributed by atoms with Crippen molar-refractivity contribution in [1.29, 1.82) is 0 Å². The van der Waals surface area contributed by atoms with E-state index in [1.54, 1.807) is 24.3 Å². The Kier molecular flexibility index (Phi) is 6.26. The van der Waals surface area contributed by atoms with Crippen LogP contribution in [0.1, 0.15) is 6.92 Å². The van der Waals surface area contributed by atoms with Gasteiger partial charge in [0.15, 0.2) is 0 Å². The number of nitrogens with one attached hydrogen (secondary N) is 1. The molecule has 1 aliphatic heterocycles. The minimum atomic E-state index is -3.67. The first-order chi connectivity index (χ1) is 13.3. The second-order valence-corrected chi connectivity index (χ2v) is 9.20. The summed E-state index contributed by atoms with van der Waals surface area (Å²) in [7, 11) is -3.67. The van der Waals surface area contributed by atoms with E-state index in [1.165, 1.54) is 41.2 Å². The zero-order chi connectivity index (χ0) is 20.3. The number of carbonyl (C=O) groups is 1. The molecule has 0 bridgehead atoms. The first-order valence-electron chi connectivity index (χ1n) is 8.77. The molecule has 1 fully saturated rings. The molecular weight excluding hydrogens is 401 g/mol. The maximum atomic E-state index is 13.1. The minimum Gasteiger partial charge on any atom is -0.369 e. The van der Waals surface area contributed by atoms with Gasteiger partial charge in [-0.2, -0.15) is 4.31 Å². The molecule has 0 aliphatic carbocycles. The number of anilines is 2. The SMILES string of the molecule is CSc1ccc(S(=O)(=O)N2CCN(c3ccc(F)cc3)CC2)cc1NC(C)=O. The predicted octanol–water partition coefficient (Wildman–Crippen LogP) is 3.02. The highest BCUT2D eigenvalue weighted by molar-refractivity contribution is 7.98. The molecule has 2 aromatic carbocycles. The highest BCUT2D eigenvalue weighted by Gasteiger charge is 2.29. The highest BCUT2D eigenvalue weighted by Crippen LogP contribution is 2.30. The van der Waals surface area contributed by atoms with Crippen molar-refractivity contribution >= 4 is 39.1 Å². The first kappa shape index (κ1) is 20.6. The number of sulfonamides is 1. The van der Waals surface area contributed by atoms with Crippen molar-refractivity contribution < 1.29 is 17.6 Å². The Balaban J connectivity index is 1.76. The van der Waals surface area contributed by atoms with Crippen LogP contribution in [-0.2, 0) is 14.8 Å². The smallest absolute Gasteiger partial charge is 0.243 e. The standard InChI is InChI=1S/C19H22FN3O3S2/c1-14(24)21-18-13-17(7-8-19(18)27-2)28(25,26)23-11-9-22(10-12-23)16-5-3-15(20)4-6-16/h3-8,13H,9-12H2,1-2H3,(H,21,24). The van der Waals surface area contributed by atoms with Crippen LogP contribution in [0.5, 0.6) is 0 Å². The third-order valence-electron chi connectivity index (χ3n) is 4.55. The molecule has 1 heterocycles. The van der Waals surface area contributed by atoms with Gasteiger partial charge in [0.1, 0.15) is 5.82 Å². The van der Waals surface area contributed by atoms with E-state index in [0.717, 1.165) is 10.6 Å². The molecule has 0 radical (unpaired) electrons. The lowest BCUT2D eigenvalue weighted by molar-refractivity contribution is -0.114. The first-order valence-corrected chi connectivity index (χ1v) is 11.4. The van der Waals surface area contributed by atoms with Gasteiger partial charge in [-0.15, -0.1) is 11.8 Å². The maximum absolute atomic E-state index is 13.1. The second kappa shape index (κ2) is 8.50. The Morgan fingerprint density at radius 1 is 1.07 bits per heavy atom. The Hall–Kier alpha value is -2.10. The molecule has 0 spiro atoms. The van der Waals surface area contributed by atoms with E-state index in [9.17, 15) is 17.6 Å². The molecule has 1 amide bonds. The van der Waals surface area contributed by atoms with Crippen molar-refractivity contribution in [3.63, 3.8) is 0 Å². The summed E-state index contributed by atoms with van der Waals surface area (Å²) in [4.78, 5) is 14.4. The molecular formula is C19H22FN3O3S2. The van der Waals surface area contributed by atoms with Crippen LogP contribution in [0, 0.1) is 5.82 Å². The van der Waals surface area contributed by atoms with Gasteiger partial charge in [-0.25, -0.2) is 12.8 Å². The Bertz CT molecular complexity index is 957. The molecule has 6 nitrogen and oxygen atoms in total. The summed E-state index contributed by atoms with van der Waals surface area (Å²) in [5.74, 6) is -0.550. The molecule has 150 valence electrons. The van der Waals surface area contributed by atoms with Gasteiger partial charge in [0, 0.05) is 43.7 Å². The van der Waals surface area contributed by atoms with Crippen LogP contribution in [0.15, 0.2) is 52.3 Å². The van der Waals surface area contributed by atoms with Gasteiger partial charge in [0.2, 0.25) is 15.9 Å². The zero-order valence-corrected chi connectivity index (χ0v) is 17.3. The molecule has 0 atom stereocenters. The monoisotopic (exact) mass is 423 g/mol. The molecule has 2 aromatic rings.